The number of hydrogen-bond acceptors (Lipinski definition) is 3. The van der Waals surface area contributed by atoms with Crippen LogP contribution in [0.25, 0.3) is 0 Å². The molecule has 0 unspecified atom stereocenters. The molecule has 1 heterocycles. The maximum Gasteiger partial charge on any atom is 0.314 e. The zero-order valence-corrected chi connectivity index (χ0v) is 7.25. The first kappa shape index (κ1) is 9.28. The highest BCUT2D eigenvalue weighted by Crippen LogP contribution is 1.98. The van der Waals surface area contributed by atoms with Crippen molar-refractivity contribution in [3.63, 3.8) is 0 Å². The van der Waals surface area contributed by atoms with Crippen LogP contribution in [0.3, 0.4) is 0 Å². The fourth-order valence-electron chi connectivity index (χ4n) is 1.34. The molecule has 1 saturated heterocycles. The van der Waals surface area contributed by atoms with Gasteiger partial charge in [0.15, 0.2) is 0 Å². The van der Waals surface area contributed by atoms with Crippen LogP contribution in [0, 0.1) is 0 Å². The van der Waals surface area contributed by atoms with E-state index in [-0.39, 0.29) is 12.1 Å². The SMILES string of the molecule is COC[C@@H]1CN(C(N)=O)CCN1. The first-order valence-electron chi connectivity index (χ1n) is 4.00. The summed E-state index contributed by atoms with van der Waals surface area (Å²) < 4.78 is 4.97. The quantitative estimate of drug-likeness (QED) is 0.562. The summed E-state index contributed by atoms with van der Waals surface area (Å²) in [6.45, 7) is 2.74. The largest absolute Gasteiger partial charge is 0.383 e. The van der Waals surface area contributed by atoms with Gasteiger partial charge in [-0.2, -0.15) is 0 Å². The first-order valence-corrected chi connectivity index (χ1v) is 4.00. The molecule has 0 aliphatic carbocycles. The van der Waals surface area contributed by atoms with Crippen LogP contribution in [0.15, 0.2) is 0 Å². The third kappa shape index (κ3) is 2.35. The molecule has 0 spiro atoms. The number of primary amides is 1. The summed E-state index contributed by atoms with van der Waals surface area (Å²) in [5.74, 6) is 0. The molecule has 70 valence electrons. The number of hydrogen-bond donors (Lipinski definition) is 2. The first-order chi connectivity index (χ1) is 5.74. The highest BCUT2D eigenvalue weighted by molar-refractivity contribution is 5.72. The smallest absolute Gasteiger partial charge is 0.314 e. The van der Waals surface area contributed by atoms with E-state index >= 15 is 0 Å². The van der Waals surface area contributed by atoms with E-state index in [1.807, 2.05) is 0 Å². The van der Waals surface area contributed by atoms with Crippen LogP contribution in [-0.4, -0.2) is 50.3 Å². The molecule has 2 amide bonds. The normalized spacial score (nSPS) is 24.1. The number of carbonyl (C=O) groups excluding carboxylic acids is 1. The topological polar surface area (TPSA) is 67.6 Å². The van der Waals surface area contributed by atoms with Gasteiger partial charge in [-0.15, -0.1) is 0 Å². The lowest BCUT2D eigenvalue weighted by Gasteiger charge is -2.32. The number of ether oxygens (including phenoxy) is 1. The van der Waals surface area contributed by atoms with Gasteiger partial charge in [-0.3, -0.25) is 0 Å². The van der Waals surface area contributed by atoms with Gasteiger partial charge in [0, 0.05) is 32.8 Å². The summed E-state index contributed by atoms with van der Waals surface area (Å²) in [6, 6.07) is -0.131. The van der Waals surface area contributed by atoms with Crippen LogP contribution in [0.1, 0.15) is 0 Å². The predicted octanol–water partition coefficient (Wildman–Crippen LogP) is -1.01. The molecule has 1 atom stereocenters. The minimum atomic E-state index is -0.349. The number of urea groups is 1. The Balaban J connectivity index is 2.35. The van der Waals surface area contributed by atoms with Gasteiger partial charge < -0.3 is 20.7 Å². The van der Waals surface area contributed by atoms with Crippen LogP contribution in [0.4, 0.5) is 4.79 Å². The Kier molecular flexibility index (Phi) is 3.31. The van der Waals surface area contributed by atoms with Gasteiger partial charge in [0.05, 0.1) is 6.61 Å². The molecule has 0 aromatic carbocycles. The highest BCUT2D eigenvalue weighted by atomic mass is 16.5. The molecule has 1 rings (SSSR count). The number of carbonyl (C=O) groups is 1. The van der Waals surface area contributed by atoms with Crippen molar-refractivity contribution in [2.75, 3.05) is 33.4 Å². The van der Waals surface area contributed by atoms with Gasteiger partial charge in [-0.05, 0) is 0 Å². The Morgan fingerprint density at radius 3 is 3.17 bits per heavy atom. The number of piperazine rings is 1. The number of nitrogens with zero attached hydrogens (tertiary/aromatic N) is 1. The Labute approximate surface area is 71.8 Å². The van der Waals surface area contributed by atoms with E-state index in [4.69, 9.17) is 10.5 Å². The van der Waals surface area contributed by atoms with Gasteiger partial charge in [0.25, 0.3) is 0 Å². The molecule has 0 aromatic rings. The Bertz CT molecular complexity index is 161. The minimum Gasteiger partial charge on any atom is -0.383 e. The van der Waals surface area contributed by atoms with Crippen LogP contribution in [-0.2, 0) is 4.74 Å². The Morgan fingerprint density at radius 1 is 1.83 bits per heavy atom. The number of nitrogens with one attached hydrogen (secondary N) is 1. The lowest BCUT2D eigenvalue weighted by Crippen LogP contribution is -2.55. The molecule has 0 saturated carbocycles. The molecule has 0 aromatic heterocycles. The van der Waals surface area contributed by atoms with Crippen molar-refractivity contribution in [2.45, 2.75) is 6.04 Å². The van der Waals surface area contributed by atoms with E-state index in [9.17, 15) is 4.79 Å². The van der Waals surface area contributed by atoms with Gasteiger partial charge in [-0.25, -0.2) is 4.79 Å². The van der Waals surface area contributed by atoms with Crippen LogP contribution in [0.5, 0.6) is 0 Å². The summed E-state index contributed by atoms with van der Waals surface area (Å²) in [7, 11) is 1.64. The lowest BCUT2D eigenvalue weighted by molar-refractivity contribution is 0.125. The van der Waals surface area contributed by atoms with E-state index in [2.05, 4.69) is 5.32 Å². The lowest BCUT2D eigenvalue weighted by atomic mass is 10.2. The van der Waals surface area contributed by atoms with Crippen LogP contribution < -0.4 is 11.1 Å². The number of rotatable bonds is 2. The Hall–Kier alpha value is -0.810. The van der Waals surface area contributed by atoms with Gasteiger partial charge >= 0.3 is 6.03 Å². The number of methoxy groups -OCH3 is 1. The standard InChI is InChI=1S/C7H15N3O2/c1-12-5-6-4-10(7(8)11)3-2-9-6/h6,9H,2-5H2,1H3,(H2,8,11)/t6-/m0/s1. The van der Waals surface area contributed by atoms with Crippen molar-refractivity contribution in [2.24, 2.45) is 5.73 Å². The van der Waals surface area contributed by atoms with Crippen molar-refractivity contribution in [1.82, 2.24) is 10.2 Å². The van der Waals surface area contributed by atoms with Crippen LogP contribution >= 0.6 is 0 Å². The minimum absolute atomic E-state index is 0.219. The molecule has 1 fully saturated rings. The third-order valence-corrected chi connectivity index (χ3v) is 1.94. The molecule has 0 bridgehead atoms. The van der Waals surface area contributed by atoms with Crippen molar-refractivity contribution >= 4 is 6.03 Å². The second-order valence-corrected chi connectivity index (χ2v) is 2.89. The van der Waals surface area contributed by atoms with Crippen molar-refractivity contribution in [3.05, 3.63) is 0 Å². The number of amides is 2. The van der Waals surface area contributed by atoms with E-state index < -0.39 is 0 Å². The molecule has 5 nitrogen and oxygen atoms in total. The summed E-state index contributed by atoms with van der Waals surface area (Å²) >= 11 is 0. The zero-order chi connectivity index (χ0) is 8.97. The third-order valence-electron chi connectivity index (χ3n) is 1.94. The van der Waals surface area contributed by atoms with Crippen molar-refractivity contribution < 1.29 is 9.53 Å². The zero-order valence-electron chi connectivity index (χ0n) is 7.25. The summed E-state index contributed by atoms with van der Waals surface area (Å²) in [4.78, 5) is 12.4. The van der Waals surface area contributed by atoms with Gasteiger partial charge in [0.2, 0.25) is 0 Å². The molecular formula is C7H15N3O2. The summed E-state index contributed by atoms with van der Waals surface area (Å²) in [5, 5.41) is 3.23. The molecule has 0 radical (unpaired) electrons. The predicted molar refractivity (Wildman–Crippen MR) is 44.8 cm³/mol. The second-order valence-electron chi connectivity index (χ2n) is 2.89. The summed E-state index contributed by atoms with van der Waals surface area (Å²) in [5.41, 5.74) is 5.14. The maximum atomic E-state index is 10.8. The van der Waals surface area contributed by atoms with E-state index in [0.29, 0.717) is 19.7 Å². The van der Waals surface area contributed by atoms with Crippen molar-refractivity contribution in [1.29, 1.82) is 0 Å². The molecule has 3 N–H and O–H groups in total. The second kappa shape index (κ2) is 4.27. The maximum absolute atomic E-state index is 10.8. The fraction of sp³-hybridized carbons (Fsp3) is 0.857. The average Bonchev–Trinajstić information content (AvgIpc) is 2.05. The highest BCUT2D eigenvalue weighted by Gasteiger charge is 2.20. The van der Waals surface area contributed by atoms with Gasteiger partial charge in [0.1, 0.15) is 0 Å². The number of nitrogens with two attached hydrogens (primary N) is 1. The van der Waals surface area contributed by atoms with E-state index in [0.717, 1.165) is 6.54 Å². The monoisotopic (exact) mass is 173 g/mol. The molecule has 1 aliphatic rings. The van der Waals surface area contributed by atoms with Crippen LogP contribution in [0.2, 0.25) is 0 Å². The van der Waals surface area contributed by atoms with E-state index in [1.54, 1.807) is 12.0 Å². The summed E-state index contributed by atoms with van der Waals surface area (Å²) in [6.07, 6.45) is 0. The molecule has 1 aliphatic heterocycles. The van der Waals surface area contributed by atoms with E-state index in [1.165, 1.54) is 0 Å². The van der Waals surface area contributed by atoms with Gasteiger partial charge in [-0.1, -0.05) is 0 Å². The Morgan fingerprint density at radius 2 is 2.58 bits per heavy atom. The average molecular weight is 173 g/mol. The molecular weight excluding hydrogens is 158 g/mol. The fourth-order valence-corrected chi connectivity index (χ4v) is 1.34. The molecule has 12 heavy (non-hydrogen) atoms. The van der Waals surface area contributed by atoms with Crippen molar-refractivity contribution in [3.8, 4) is 0 Å². The molecule has 5 heteroatoms.